The number of carbonyl (C=O) groups excluding carboxylic acids is 1. The zero-order chi connectivity index (χ0) is 12.8. The Balaban J connectivity index is 1.72. The Morgan fingerprint density at radius 1 is 1.28 bits per heavy atom. The standard InChI is InChI=1S/C15H16OS2/c1-12-5-2-6-13(11-12)17-9-3-7-14(16)15-8-4-10-18-15/h2,4-6,8,10-11H,3,7,9H2,1H3. The number of Topliss-reactive ketones (excluding diaryl/α,β-unsaturated/α-hetero) is 1. The first-order valence-corrected chi connectivity index (χ1v) is 7.88. The minimum absolute atomic E-state index is 0.273. The average molecular weight is 276 g/mol. The molecular formula is C15H16OS2. The second-order valence-corrected chi connectivity index (χ2v) is 6.29. The van der Waals surface area contributed by atoms with Crippen molar-refractivity contribution in [1.82, 2.24) is 0 Å². The van der Waals surface area contributed by atoms with Crippen LogP contribution >= 0.6 is 23.1 Å². The zero-order valence-electron chi connectivity index (χ0n) is 10.4. The second-order valence-electron chi connectivity index (χ2n) is 4.17. The van der Waals surface area contributed by atoms with Crippen molar-refractivity contribution in [3.8, 4) is 0 Å². The molecule has 0 amide bonds. The summed E-state index contributed by atoms with van der Waals surface area (Å²) < 4.78 is 0. The van der Waals surface area contributed by atoms with Crippen LogP contribution < -0.4 is 0 Å². The molecule has 1 aromatic heterocycles. The Morgan fingerprint density at radius 3 is 2.89 bits per heavy atom. The third-order valence-corrected chi connectivity index (χ3v) is 4.59. The highest BCUT2D eigenvalue weighted by Gasteiger charge is 2.06. The summed E-state index contributed by atoms with van der Waals surface area (Å²) in [6.45, 7) is 2.10. The molecule has 0 N–H and O–H groups in total. The second kappa shape index (κ2) is 6.76. The lowest BCUT2D eigenvalue weighted by Crippen LogP contribution is -1.96. The van der Waals surface area contributed by atoms with Gasteiger partial charge in [-0.1, -0.05) is 23.8 Å². The number of rotatable bonds is 6. The lowest BCUT2D eigenvalue weighted by Gasteiger charge is -2.02. The van der Waals surface area contributed by atoms with Crippen molar-refractivity contribution in [1.29, 1.82) is 0 Å². The van der Waals surface area contributed by atoms with E-state index in [9.17, 15) is 4.79 Å². The number of carbonyl (C=O) groups is 1. The molecule has 1 aromatic carbocycles. The van der Waals surface area contributed by atoms with Gasteiger partial charge in [0, 0.05) is 11.3 Å². The van der Waals surface area contributed by atoms with Gasteiger partial charge in [0.2, 0.25) is 0 Å². The van der Waals surface area contributed by atoms with Crippen LogP contribution in [0.15, 0.2) is 46.7 Å². The highest BCUT2D eigenvalue weighted by molar-refractivity contribution is 7.99. The van der Waals surface area contributed by atoms with Crippen LogP contribution in [0.3, 0.4) is 0 Å². The molecular weight excluding hydrogens is 260 g/mol. The molecule has 1 heterocycles. The van der Waals surface area contributed by atoms with Gasteiger partial charge in [0.05, 0.1) is 4.88 Å². The SMILES string of the molecule is Cc1cccc(SCCCC(=O)c2cccs2)c1. The molecule has 0 aliphatic heterocycles. The number of hydrogen-bond donors (Lipinski definition) is 0. The van der Waals surface area contributed by atoms with E-state index in [1.807, 2.05) is 29.3 Å². The minimum atomic E-state index is 0.273. The number of hydrogen-bond acceptors (Lipinski definition) is 3. The van der Waals surface area contributed by atoms with Crippen LogP contribution in [-0.4, -0.2) is 11.5 Å². The molecule has 18 heavy (non-hydrogen) atoms. The van der Waals surface area contributed by atoms with Crippen LogP contribution in [0.1, 0.15) is 28.1 Å². The molecule has 1 nitrogen and oxygen atoms in total. The van der Waals surface area contributed by atoms with Crippen molar-refractivity contribution in [2.45, 2.75) is 24.7 Å². The molecule has 0 fully saturated rings. The molecule has 2 aromatic rings. The van der Waals surface area contributed by atoms with Crippen LogP contribution in [0.5, 0.6) is 0 Å². The summed E-state index contributed by atoms with van der Waals surface area (Å²) in [7, 11) is 0. The van der Waals surface area contributed by atoms with Crippen molar-refractivity contribution >= 4 is 28.9 Å². The number of thioether (sulfide) groups is 1. The van der Waals surface area contributed by atoms with Gasteiger partial charge in [-0.2, -0.15) is 0 Å². The third kappa shape index (κ3) is 4.00. The third-order valence-electron chi connectivity index (χ3n) is 2.60. The van der Waals surface area contributed by atoms with E-state index in [1.54, 1.807) is 0 Å². The van der Waals surface area contributed by atoms with Crippen molar-refractivity contribution in [2.75, 3.05) is 5.75 Å². The van der Waals surface area contributed by atoms with E-state index in [-0.39, 0.29) is 5.78 Å². The monoisotopic (exact) mass is 276 g/mol. The molecule has 0 saturated carbocycles. The first-order chi connectivity index (χ1) is 8.75. The zero-order valence-corrected chi connectivity index (χ0v) is 12.0. The lowest BCUT2D eigenvalue weighted by molar-refractivity contribution is 0.0986. The maximum atomic E-state index is 11.8. The van der Waals surface area contributed by atoms with Gasteiger partial charge in [-0.15, -0.1) is 23.1 Å². The van der Waals surface area contributed by atoms with Crippen molar-refractivity contribution in [3.05, 3.63) is 52.2 Å². The van der Waals surface area contributed by atoms with E-state index >= 15 is 0 Å². The first kappa shape index (κ1) is 13.4. The van der Waals surface area contributed by atoms with Gasteiger partial charge in [0.25, 0.3) is 0 Å². The topological polar surface area (TPSA) is 17.1 Å². The fraction of sp³-hybridized carbons (Fsp3) is 0.267. The predicted octanol–water partition coefficient (Wildman–Crippen LogP) is 4.81. The maximum Gasteiger partial charge on any atom is 0.172 e. The minimum Gasteiger partial charge on any atom is -0.293 e. The normalized spacial score (nSPS) is 10.5. The van der Waals surface area contributed by atoms with E-state index in [4.69, 9.17) is 0 Å². The quantitative estimate of drug-likeness (QED) is 0.428. The summed E-state index contributed by atoms with van der Waals surface area (Å²) in [4.78, 5) is 13.9. The molecule has 94 valence electrons. The van der Waals surface area contributed by atoms with Gasteiger partial charge in [-0.3, -0.25) is 4.79 Å². The Hall–Kier alpha value is -1.06. The molecule has 0 unspecified atom stereocenters. The van der Waals surface area contributed by atoms with E-state index in [0.717, 1.165) is 17.1 Å². The summed E-state index contributed by atoms with van der Waals surface area (Å²) in [5.41, 5.74) is 1.29. The predicted molar refractivity (Wildman–Crippen MR) is 79.8 cm³/mol. The Kier molecular flexibility index (Phi) is 5.02. The van der Waals surface area contributed by atoms with Crippen LogP contribution in [0.2, 0.25) is 0 Å². The van der Waals surface area contributed by atoms with Crippen LogP contribution in [0, 0.1) is 6.92 Å². The summed E-state index contributed by atoms with van der Waals surface area (Å²) in [5, 5.41) is 1.95. The molecule has 0 aliphatic rings. The summed E-state index contributed by atoms with van der Waals surface area (Å²) in [5.74, 6) is 1.27. The van der Waals surface area contributed by atoms with Crippen LogP contribution in [0.4, 0.5) is 0 Å². The van der Waals surface area contributed by atoms with Gasteiger partial charge in [0.1, 0.15) is 0 Å². The molecule has 0 atom stereocenters. The largest absolute Gasteiger partial charge is 0.293 e. The van der Waals surface area contributed by atoms with Crippen molar-refractivity contribution in [2.24, 2.45) is 0 Å². The number of aryl methyl sites for hydroxylation is 1. The fourth-order valence-electron chi connectivity index (χ4n) is 1.69. The Labute approximate surface area is 116 Å². The summed E-state index contributed by atoms with van der Waals surface area (Å²) >= 11 is 3.36. The first-order valence-electron chi connectivity index (χ1n) is 6.02. The van der Waals surface area contributed by atoms with Crippen molar-refractivity contribution in [3.63, 3.8) is 0 Å². The molecule has 3 heteroatoms. The van der Waals surface area contributed by atoms with E-state index in [0.29, 0.717) is 6.42 Å². The van der Waals surface area contributed by atoms with E-state index < -0.39 is 0 Å². The van der Waals surface area contributed by atoms with E-state index in [1.165, 1.54) is 21.8 Å². The number of benzene rings is 1. The summed E-state index contributed by atoms with van der Waals surface area (Å²) in [6, 6.07) is 12.3. The Bertz CT molecular complexity index is 503. The molecule has 0 bridgehead atoms. The van der Waals surface area contributed by atoms with E-state index in [2.05, 4.69) is 31.2 Å². The highest BCUT2D eigenvalue weighted by atomic mass is 32.2. The van der Waals surface area contributed by atoms with Crippen LogP contribution in [-0.2, 0) is 0 Å². The van der Waals surface area contributed by atoms with Gasteiger partial charge >= 0.3 is 0 Å². The van der Waals surface area contributed by atoms with Gasteiger partial charge in [-0.05, 0) is 42.7 Å². The molecule has 0 saturated heterocycles. The average Bonchev–Trinajstić information content (AvgIpc) is 2.88. The van der Waals surface area contributed by atoms with Gasteiger partial charge in [-0.25, -0.2) is 0 Å². The Morgan fingerprint density at radius 2 is 2.17 bits per heavy atom. The highest BCUT2D eigenvalue weighted by Crippen LogP contribution is 2.21. The molecule has 2 rings (SSSR count). The number of ketones is 1. The summed E-state index contributed by atoms with van der Waals surface area (Å²) in [6.07, 6.45) is 1.59. The molecule has 0 spiro atoms. The lowest BCUT2D eigenvalue weighted by atomic mass is 10.2. The molecule has 0 aliphatic carbocycles. The van der Waals surface area contributed by atoms with Crippen molar-refractivity contribution < 1.29 is 4.79 Å². The number of thiophene rings is 1. The maximum absolute atomic E-state index is 11.8. The molecule has 0 radical (unpaired) electrons. The van der Waals surface area contributed by atoms with Gasteiger partial charge in [0.15, 0.2) is 5.78 Å². The van der Waals surface area contributed by atoms with Crippen LogP contribution in [0.25, 0.3) is 0 Å². The van der Waals surface area contributed by atoms with Gasteiger partial charge < -0.3 is 0 Å². The smallest absolute Gasteiger partial charge is 0.172 e. The fourth-order valence-corrected chi connectivity index (χ4v) is 3.35.